The van der Waals surface area contributed by atoms with Crippen molar-refractivity contribution in [3.63, 3.8) is 0 Å². The summed E-state index contributed by atoms with van der Waals surface area (Å²) in [6.07, 6.45) is 0.854. The zero-order valence-electron chi connectivity index (χ0n) is 15.6. The summed E-state index contributed by atoms with van der Waals surface area (Å²) in [5, 5.41) is 1.03. The van der Waals surface area contributed by atoms with Gasteiger partial charge in [-0.3, -0.25) is 4.79 Å². The van der Waals surface area contributed by atoms with E-state index in [1.807, 2.05) is 36.0 Å². The molecule has 0 spiro atoms. The number of ether oxygens (including phenoxy) is 1. The molecule has 2 aromatic carbocycles. The van der Waals surface area contributed by atoms with Crippen molar-refractivity contribution >= 4 is 28.6 Å². The largest absolute Gasteiger partial charge is 0.493 e. The van der Waals surface area contributed by atoms with E-state index in [9.17, 15) is 9.59 Å². The van der Waals surface area contributed by atoms with Crippen molar-refractivity contribution in [2.24, 2.45) is 0 Å². The van der Waals surface area contributed by atoms with Crippen LogP contribution in [0.5, 0.6) is 5.75 Å². The van der Waals surface area contributed by atoms with E-state index < -0.39 is 5.63 Å². The van der Waals surface area contributed by atoms with E-state index >= 15 is 0 Å². The summed E-state index contributed by atoms with van der Waals surface area (Å²) >= 11 is 1.85. The Morgan fingerprint density at radius 1 is 1.14 bits per heavy atom. The zero-order valence-corrected chi connectivity index (χ0v) is 16.4. The molecule has 4 rings (SSSR count). The lowest BCUT2D eigenvalue weighted by atomic mass is 10.1. The smallest absolute Gasteiger partial charge is 0.349 e. The fourth-order valence-electron chi connectivity index (χ4n) is 3.50. The molecule has 0 radical (unpaired) electrons. The second-order valence-corrected chi connectivity index (χ2v) is 7.99. The van der Waals surface area contributed by atoms with E-state index in [-0.39, 0.29) is 11.5 Å². The highest BCUT2D eigenvalue weighted by atomic mass is 32.2. The number of rotatable bonds is 3. The average Bonchev–Trinajstić information content (AvgIpc) is 2.99. The van der Waals surface area contributed by atoms with Crippen molar-refractivity contribution in [1.29, 1.82) is 0 Å². The van der Waals surface area contributed by atoms with Crippen molar-refractivity contribution in [2.45, 2.75) is 11.7 Å². The maximum Gasteiger partial charge on any atom is 0.349 e. The first-order valence-corrected chi connectivity index (χ1v) is 10.3. The summed E-state index contributed by atoms with van der Waals surface area (Å²) in [5.74, 6) is 1.04. The third-order valence-electron chi connectivity index (χ3n) is 4.97. The van der Waals surface area contributed by atoms with Gasteiger partial charge >= 0.3 is 5.63 Å². The van der Waals surface area contributed by atoms with Gasteiger partial charge in [-0.25, -0.2) is 4.79 Å². The van der Waals surface area contributed by atoms with Crippen molar-refractivity contribution in [3.8, 4) is 5.75 Å². The topological polar surface area (TPSA) is 59.8 Å². The van der Waals surface area contributed by atoms with Crippen LogP contribution in [0.25, 0.3) is 11.0 Å². The van der Waals surface area contributed by atoms with Crippen molar-refractivity contribution in [3.05, 3.63) is 76.1 Å². The van der Waals surface area contributed by atoms with Crippen LogP contribution in [0.15, 0.2) is 63.8 Å². The van der Waals surface area contributed by atoms with Gasteiger partial charge in [-0.2, -0.15) is 11.8 Å². The first kappa shape index (κ1) is 18.6. The van der Waals surface area contributed by atoms with Gasteiger partial charge in [0.25, 0.3) is 5.91 Å². The number of thioether (sulfide) groups is 1. The molecule has 1 aromatic heterocycles. The fraction of sp³-hybridized carbons (Fsp3) is 0.273. The molecule has 1 atom stereocenters. The molecule has 1 unspecified atom stereocenters. The highest BCUT2D eigenvalue weighted by molar-refractivity contribution is 7.99. The predicted molar refractivity (Wildman–Crippen MR) is 111 cm³/mol. The van der Waals surface area contributed by atoms with Gasteiger partial charge in [-0.05, 0) is 24.1 Å². The first-order chi connectivity index (χ1) is 13.7. The number of hydrogen-bond acceptors (Lipinski definition) is 5. The van der Waals surface area contributed by atoms with Crippen molar-refractivity contribution in [1.82, 2.24) is 4.90 Å². The van der Waals surface area contributed by atoms with Crippen LogP contribution in [0, 0.1) is 0 Å². The molecule has 6 heteroatoms. The predicted octanol–water partition coefficient (Wildman–Crippen LogP) is 4.12. The molecule has 2 heterocycles. The van der Waals surface area contributed by atoms with Gasteiger partial charge in [-0.1, -0.05) is 42.5 Å². The van der Waals surface area contributed by atoms with Crippen LogP contribution in [0.2, 0.25) is 0 Å². The van der Waals surface area contributed by atoms with Gasteiger partial charge < -0.3 is 14.1 Å². The molecule has 0 aliphatic carbocycles. The van der Waals surface area contributed by atoms with E-state index in [4.69, 9.17) is 9.15 Å². The SMILES string of the molecule is COc1cccc2cc(C(=O)N3CCSC(c4ccccc4)CC3)c(=O)oc12. The molecular weight excluding hydrogens is 374 g/mol. The Kier molecular flexibility index (Phi) is 5.39. The van der Waals surface area contributed by atoms with Crippen LogP contribution in [-0.4, -0.2) is 36.8 Å². The summed E-state index contributed by atoms with van der Waals surface area (Å²) in [6.45, 7) is 1.23. The maximum atomic E-state index is 13.0. The van der Waals surface area contributed by atoms with Crippen LogP contribution in [0.1, 0.15) is 27.6 Å². The number of carbonyl (C=O) groups excluding carboxylic acids is 1. The molecule has 0 saturated carbocycles. The minimum Gasteiger partial charge on any atom is -0.493 e. The Balaban J connectivity index is 1.58. The number of methoxy groups -OCH3 is 1. The molecule has 1 fully saturated rings. The minimum atomic E-state index is -0.626. The Labute approximate surface area is 167 Å². The molecule has 1 saturated heterocycles. The van der Waals surface area contributed by atoms with Gasteiger partial charge in [0.05, 0.1) is 7.11 Å². The highest BCUT2D eigenvalue weighted by Crippen LogP contribution is 2.34. The Morgan fingerprint density at radius 3 is 2.75 bits per heavy atom. The molecule has 1 aliphatic rings. The Bertz CT molecular complexity index is 1050. The lowest BCUT2D eigenvalue weighted by Gasteiger charge is -2.20. The van der Waals surface area contributed by atoms with Crippen LogP contribution < -0.4 is 10.4 Å². The second kappa shape index (κ2) is 8.10. The van der Waals surface area contributed by atoms with E-state index in [1.54, 1.807) is 23.1 Å². The van der Waals surface area contributed by atoms with E-state index in [2.05, 4.69) is 12.1 Å². The summed E-state index contributed by atoms with van der Waals surface area (Å²) in [4.78, 5) is 27.3. The van der Waals surface area contributed by atoms with Crippen LogP contribution in [-0.2, 0) is 0 Å². The van der Waals surface area contributed by atoms with E-state index in [1.165, 1.54) is 12.7 Å². The number of para-hydroxylation sites is 1. The van der Waals surface area contributed by atoms with Crippen LogP contribution >= 0.6 is 11.8 Å². The van der Waals surface area contributed by atoms with Crippen LogP contribution in [0.3, 0.4) is 0 Å². The monoisotopic (exact) mass is 395 g/mol. The number of nitrogens with zero attached hydrogens (tertiary/aromatic N) is 1. The van der Waals surface area contributed by atoms with E-state index in [0.29, 0.717) is 35.1 Å². The van der Waals surface area contributed by atoms with E-state index in [0.717, 1.165) is 12.2 Å². The quantitative estimate of drug-likeness (QED) is 0.625. The third-order valence-corrected chi connectivity index (χ3v) is 6.30. The number of benzene rings is 2. The van der Waals surface area contributed by atoms with Crippen molar-refractivity contribution in [2.75, 3.05) is 26.0 Å². The minimum absolute atomic E-state index is 0.0731. The Hall–Kier alpha value is -2.73. The van der Waals surface area contributed by atoms with Gasteiger partial charge in [0.15, 0.2) is 11.3 Å². The lowest BCUT2D eigenvalue weighted by Crippen LogP contribution is -2.35. The standard InChI is InChI=1S/C22H21NO4S/c1-26-18-9-5-8-16-14-17(22(25)27-20(16)18)21(24)23-11-10-19(28-13-12-23)15-6-3-2-4-7-15/h2-9,14,19H,10-13H2,1H3. The Morgan fingerprint density at radius 2 is 1.96 bits per heavy atom. The molecule has 0 N–H and O–H groups in total. The maximum absolute atomic E-state index is 13.0. The molecule has 1 amide bonds. The fourth-order valence-corrected chi connectivity index (χ4v) is 4.74. The molecule has 0 bridgehead atoms. The molecule has 28 heavy (non-hydrogen) atoms. The highest BCUT2D eigenvalue weighted by Gasteiger charge is 2.25. The van der Waals surface area contributed by atoms with Crippen LogP contribution in [0.4, 0.5) is 0 Å². The first-order valence-electron chi connectivity index (χ1n) is 9.24. The normalized spacial score (nSPS) is 17.3. The summed E-state index contributed by atoms with van der Waals surface area (Å²) in [6, 6.07) is 17.3. The van der Waals surface area contributed by atoms with Crippen molar-refractivity contribution < 1.29 is 13.9 Å². The summed E-state index contributed by atoms with van der Waals surface area (Å²) < 4.78 is 10.7. The molecular formula is C22H21NO4S. The van der Waals surface area contributed by atoms with Gasteiger partial charge in [0, 0.05) is 29.5 Å². The third kappa shape index (κ3) is 3.64. The number of carbonyl (C=O) groups is 1. The number of hydrogen-bond donors (Lipinski definition) is 0. The number of fused-ring (bicyclic) bond motifs is 1. The zero-order chi connectivity index (χ0) is 19.5. The van der Waals surface area contributed by atoms with Gasteiger partial charge in [0.2, 0.25) is 0 Å². The number of amides is 1. The van der Waals surface area contributed by atoms with Gasteiger partial charge in [-0.15, -0.1) is 0 Å². The average molecular weight is 395 g/mol. The molecule has 3 aromatic rings. The molecule has 1 aliphatic heterocycles. The molecule has 144 valence electrons. The van der Waals surface area contributed by atoms with Gasteiger partial charge in [0.1, 0.15) is 5.56 Å². The summed E-state index contributed by atoms with van der Waals surface area (Å²) in [7, 11) is 1.52. The second-order valence-electron chi connectivity index (χ2n) is 6.68. The summed E-state index contributed by atoms with van der Waals surface area (Å²) in [5.41, 5.74) is 1.09. The molecule has 5 nitrogen and oxygen atoms in total. The lowest BCUT2D eigenvalue weighted by molar-refractivity contribution is 0.0762.